The number of ether oxygens (including phenoxy) is 1. The highest BCUT2D eigenvalue weighted by molar-refractivity contribution is 5.79. The summed E-state index contributed by atoms with van der Waals surface area (Å²) in [6.07, 6.45) is 3.37. The average Bonchev–Trinajstić information content (AvgIpc) is 3.63. The Hall–Kier alpha value is -5.05. The second-order valence-electron chi connectivity index (χ2n) is 11.2. The third-order valence-corrected chi connectivity index (χ3v) is 8.29. The predicted octanol–water partition coefficient (Wildman–Crippen LogP) is 6.93. The van der Waals surface area contributed by atoms with Gasteiger partial charge in [0, 0.05) is 36.4 Å². The molecule has 6 aromatic rings. The summed E-state index contributed by atoms with van der Waals surface area (Å²) in [5.41, 5.74) is 5.44. The molecule has 0 radical (unpaired) electrons. The first-order valence-electron chi connectivity index (χ1n) is 14.6. The molecule has 3 aromatic carbocycles. The van der Waals surface area contributed by atoms with Gasteiger partial charge in [-0.3, -0.25) is 4.79 Å². The average molecular weight is 574 g/mol. The summed E-state index contributed by atoms with van der Waals surface area (Å²) < 4.78 is 13.5. The summed E-state index contributed by atoms with van der Waals surface area (Å²) in [5, 5.41) is 15.2. The Balaban J connectivity index is 1.20. The van der Waals surface area contributed by atoms with Gasteiger partial charge < -0.3 is 18.9 Å². The smallest absolute Gasteiger partial charge is 0.307 e. The van der Waals surface area contributed by atoms with E-state index in [4.69, 9.17) is 19.2 Å². The maximum absolute atomic E-state index is 12.3. The number of carboxylic acids is 1. The Bertz CT molecular complexity index is 1930. The highest BCUT2D eigenvalue weighted by Gasteiger charge is 2.35. The lowest BCUT2D eigenvalue weighted by molar-refractivity contribution is -0.143. The number of hydrogen-bond acceptors (Lipinski definition) is 7. The van der Waals surface area contributed by atoms with E-state index in [1.165, 1.54) is 0 Å². The van der Waals surface area contributed by atoms with Gasteiger partial charge in [0.05, 0.1) is 28.2 Å². The minimum atomic E-state index is -0.755. The first-order valence-corrected chi connectivity index (χ1v) is 14.6. The molecular weight excluding hydrogens is 542 g/mol. The third kappa shape index (κ3) is 5.46. The van der Waals surface area contributed by atoms with Crippen LogP contribution in [0.15, 0.2) is 83.4 Å². The van der Waals surface area contributed by atoms with E-state index in [1.807, 2.05) is 72.8 Å². The predicted molar refractivity (Wildman–Crippen MR) is 162 cm³/mol. The zero-order valence-electron chi connectivity index (χ0n) is 23.8. The number of hydrogen-bond donors (Lipinski definition) is 1. The Morgan fingerprint density at radius 2 is 1.79 bits per heavy atom. The zero-order valence-corrected chi connectivity index (χ0v) is 23.8. The van der Waals surface area contributed by atoms with Crippen molar-refractivity contribution in [3.63, 3.8) is 0 Å². The van der Waals surface area contributed by atoms with Crippen LogP contribution in [-0.4, -0.2) is 35.8 Å². The van der Waals surface area contributed by atoms with E-state index in [0.717, 1.165) is 63.8 Å². The van der Waals surface area contributed by atoms with Gasteiger partial charge in [-0.25, -0.2) is 9.97 Å². The lowest BCUT2D eigenvalue weighted by Crippen LogP contribution is -2.27. The maximum Gasteiger partial charge on any atom is 0.307 e. The van der Waals surface area contributed by atoms with Gasteiger partial charge in [-0.2, -0.15) is 4.98 Å². The second-order valence-corrected chi connectivity index (χ2v) is 11.2. The van der Waals surface area contributed by atoms with Crippen LogP contribution >= 0.6 is 0 Å². The number of fused-ring (bicyclic) bond motifs is 2. The standard InChI is InChI=1S/C34H31N5O4/c1-21-35-32(38-43-21)24-12-10-22(11-13-24)19-39-31-17-16-26(42-20-25-15-14-23-6-2-5-9-29(23)36-25)18-30(31)37-33(39)27-7-3-4-8-28(27)34(40)41/h2,5-6,9-18,27-28H,3-4,7-8,19-20H2,1H3,(H,40,41). The van der Waals surface area contributed by atoms with Gasteiger partial charge in [0.1, 0.15) is 18.2 Å². The van der Waals surface area contributed by atoms with Gasteiger partial charge in [0.2, 0.25) is 11.7 Å². The van der Waals surface area contributed by atoms with Crippen molar-refractivity contribution < 1.29 is 19.2 Å². The zero-order chi connectivity index (χ0) is 29.3. The SMILES string of the molecule is Cc1nc(-c2ccc(Cn3c(C4CCCCC4C(=O)O)nc4cc(OCc5ccc6ccccc6n5)ccc43)cc2)no1. The first-order chi connectivity index (χ1) is 21.0. The molecule has 7 rings (SSSR count). The van der Waals surface area contributed by atoms with Crippen LogP contribution in [-0.2, 0) is 17.9 Å². The molecule has 2 atom stereocenters. The topological polar surface area (TPSA) is 116 Å². The molecule has 216 valence electrons. The molecule has 1 saturated carbocycles. The molecule has 0 spiro atoms. The van der Waals surface area contributed by atoms with Crippen molar-refractivity contribution in [1.29, 1.82) is 0 Å². The number of rotatable bonds is 8. The van der Waals surface area contributed by atoms with Crippen molar-refractivity contribution in [2.75, 3.05) is 0 Å². The summed E-state index contributed by atoms with van der Waals surface area (Å²) >= 11 is 0. The number of nitrogens with zero attached hydrogens (tertiary/aromatic N) is 5. The van der Waals surface area contributed by atoms with Crippen molar-refractivity contribution >= 4 is 27.9 Å². The molecule has 3 aromatic heterocycles. The molecule has 9 heteroatoms. The maximum atomic E-state index is 12.3. The van der Waals surface area contributed by atoms with Crippen LogP contribution < -0.4 is 4.74 Å². The fourth-order valence-electron chi connectivity index (χ4n) is 6.11. The number of carboxylic acid groups (broad SMARTS) is 1. The fraction of sp³-hybridized carbons (Fsp3) is 0.265. The molecule has 1 N–H and O–H groups in total. The summed E-state index contributed by atoms with van der Waals surface area (Å²) in [7, 11) is 0. The van der Waals surface area contributed by atoms with Crippen LogP contribution in [0.3, 0.4) is 0 Å². The fourth-order valence-corrected chi connectivity index (χ4v) is 6.11. The van der Waals surface area contributed by atoms with Crippen LogP contribution in [0.5, 0.6) is 5.75 Å². The van der Waals surface area contributed by atoms with Gasteiger partial charge in [-0.05, 0) is 42.7 Å². The van der Waals surface area contributed by atoms with Crippen molar-refractivity contribution in [2.24, 2.45) is 5.92 Å². The van der Waals surface area contributed by atoms with E-state index in [9.17, 15) is 9.90 Å². The van der Waals surface area contributed by atoms with Crippen LogP contribution in [0, 0.1) is 12.8 Å². The quantitative estimate of drug-likeness (QED) is 0.208. The first kappa shape index (κ1) is 26.8. The molecular formula is C34H31N5O4. The van der Waals surface area contributed by atoms with Gasteiger partial charge in [-0.15, -0.1) is 0 Å². The second kappa shape index (κ2) is 11.3. The lowest BCUT2D eigenvalue weighted by atomic mass is 9.78. The molecule has 3 heterocycles. The highest BCUT2D eigenvalue weighted by Crippen LogP contribution is 2.39. The Morgan fingerprint density at radius 1 is 0.953 bits per heavy atom. The van der Waals surface area contributed by atoms with Crippen LogP contribution in [0.1, 0.15) is 54.6 Å². The number of carbonyl (C=O) groups is 1. The van der Waals surface area contributed by atoms with Gasteiger partial charge in [0.25, 0.3) is 0 Å². The van der Waals surface area contributed by atoms with E-state index in [0.29, 0.717) is 37.0 Å². The van der Waals surface area contributed by atoms with Crippen LogP contribution in [0.25, 0.3) is 33.3 Å². The normalized spacial score (nSPS) is 17.0. The van der Waals surface area contributed by atoms with E-state index in [1.54, 1.807) is 6.92 Å². The highest BCUT2D eigenvalue weighted by atomic mass is 16.5. The van der Waals surface area contributed by atoms with Gasteiger partial charge >= 0.3 is 5.97 Å². The number of imidazole rings is 1. The Labute approximate surface area is 248 Å². The van der Waals surface area contributed by atoms with Crippen molar-refractivity contribution in [3.05, 3.63) is 102 Å². The van der Waals surface area contributed by atoms with E-state index >= 15 is 0 Å². The Kier molecular flexibility index (Phi) is 7.06. The molecule has 9 nitrogen and oxygen atoms in total. The van der Waals surface area contributed by atoms with Crippen LogP contribution in [0.2, 0.25) is 0 Å². The van der Waals surface area contributed by atoms with E-state index in [2.05, 4.69) is 20.8 Å². The van der Waals surface area contributed by atoms with Crippen molar-refractivity contribution in [1.82, 2.24) is 24.7 Å². The summed E-state index contributed by atoms with van der Waals surface area (Å²) in [6, 6.07) is 26.0. The van der Waals surface area contributed by atoms with Gasteiger partial charge in [-0.1, -0.05) is 66.5 Å². The third-order valence-electron chi connectivity index (χ3n) is 8.29. The molecule has 1 aliphatic carbocycles. The molecule has 43 heavy (non-hydrogen) atoms. The minimum absolute atomic E-state index is 0.161. The molecule has 2 unspecified atom stereocenters. The largest absolute Gasteiger partial charge is 0.487 e. The van der Waals surface area contributed by atoms with E-state index < -0.39 is 11.9 Å². The molecule has 0 amide bonds. The summed E-state index contributed by atoms with van der Waals surface area (Å²) in [4.78, 5) is 26.4. The number of para-hydroxylation sites is 1. The number of aromatic nitrogens is 5. The van der Waals surface area contributed by atoms with Crippen LogP contribution in [0.4, 0.5) is 0 Å². The van der Waals surface area contributed by atoms with Gasteiger partial charge in [0.15, 0.2) is 0 Å². The molecule has 1 fully saturated rings. The number of aliphatic carboxylic acids is 1. The summed E-state index contributed by atoms with van der Waals surface area (Å²) in [6.45, 7) is 2.66. The molecule has 0 bridgehead atoms. The Morgan fingerprint density at radius 3 is 2.60 bits per heavy atom. The number of pyridine rings is 1. The summed E-state index contributed by atoms with van der Waals surface area (Å²) in [5.74, 6) is 1.20. The lowest BCUT2D eigenvalue weighted by Gasteiger charge is -2.28. The molecule has 0 saturated heterocycles. The number of aryl methyl sites for hydroxylation is 1. The minimum Gasteiger partial charge on any atom is -0.487 e. The van der Waals surface area contributed by atoms with Crippen molar-refractivity contribution in [3.8, 4) is 17.1 Å². The number of benzene rings is 3. The molecule has 1 aliphatic rings. The molecule has 0 aliphatic heterocycles. The monoisotopic (exact) mass is 573 g/mol. The van der Waals surface area contributed by atoms with Crippen molar-refractivity contribution in [2.45, 2.75) is 51.7 Å². The van der Waals surface area contributed by atoms with E-state index in [-0.39, 0.29) is 5.92 Å².